The van der Waals surface area contributed by atoms with Crippen molar-refractivity contribution in [3.63, 3.8) is 0 Å². The molecule has 3 aromatic carbocycles. The predicted octanol–water partition coefficient (Wildman–Crippen LogP) is 3.85. The molecule has 0 aliphatic rings. The van der Waals surface area contributed by atoms with Gasteiger partial charge in [0, 0.05) is 16.5 Å². The number of aliphatic hydroxyl groups excluding tert-OH is 1. The van der Waals surface area contributed by atoms with Gasteiger partial charge in [0.05, 0.1) is 17.6 Å². The standard InChI is InChI=1S/C25H21FN2O4/c1-16(29)17-8-12-21(13-9-17)32-15-20(30)14-28-25(31)23-5-3-2-4-22(23)24(27-28)18-6-10-19(26)11-7-18/h2-13,20,30H,14-15H2,1H3. The number of ether oxygens (including phenoxy) is 1. The van der Waals surface area contributed by atoms with Crippen molar-refractivity contribution in [1.29, 1.82) is 0 Å². The van der Waals surface area contributed by atoms with Gasteiger partial charge >= 0.3 is 0 Å². The van der Waals surface area contributed by atoms with E-state index in [9.17, 15) is 19.1 Å². The molecule has 0 fully saturated rings. The summed E-state index contributed by atoms with van der Waals surface area (Å²) in [5, 5.41) is 16.0. The van der Waals surface area contributed by atoms with Crippen molar-refractivity contribution in [3.05, 3.63) is 94.5 Å². The number of halogens is 1. The molecule has 0 spiro atoms. The van der Waals surface area contributed by atoms with Crippen LogP contribution in [-0.4, -0.2) is 33.4 Å². The average molecular weight is 432 g/mol. The highest BCUT2D eigenvalue weighted by Gasteiger charge is 2.15. The molecule has 0 amide bonds. The van der Waals surface area contributed by atoms with Crippen LogP contribution >= 0.6 is 0 Å². The lowest BCUT2D eigenvalue weighted by atomic mass is 10.1. The third kappa shape index (κ3) is 4.58. The number of nitrogens with zero attached hydrogens (tertiary/aromatic N) is 2. The minimum atomic E-state index is -1.00. The highest BCUT2D eigenvalue weighted by Crippen LogP contribution is 2.24. The van der Waals surface area contributed by atoms with Gasteiger partial charge in [-0.25, -0.2) is 9.07 Å². The molecule has 7 heteroatoms. The zero-order chi connectivity index (χ0) is 22.7. The number of aliphatic hydroxyl groups is 1. The van der Waals surface area contributed by atoms with Gasteiger partial charge in [0.15, 0.2) is 5.78 Å². The summed E-state index contributed by atoms with van der Waals surface area (Å²) in [5.41, 5.74) is 1.41. The molecule has 0 aliphatic carbocycles. The molecule has 1 atom stereocenters. The van der Waals surface area contributed by atoms with E-state index in [2.05, 4.69) is 5.10 Å². The molecule has 0 radical (unpaired) electrons. The minimum Gasteiger partial charge on any atom is -0.491 e. The summed E-state index contributed by atoms with van der Waals surface area (Å²) in [7, 11) is 0. The van der Waals surface area contributed by atoms with Crippen molar-refractivity contribution >= 4 is 16.6 Å². The van der Waals surface area contributed by atoms with E-state index in [1.165, 1.54) is 23.7 Å². The van der Waals surface area contributed by atoms with Crippen molar-refractivity contribution < 1.29 is 19.0 Å². The number of carbonyl (C=O) groups is 1. The lowest BCUT2D eigenvalue weighted by molar-refractivity contribution is 0.0881. The summed E-state index contributed by atoms with van der Waals surface area (Å²) < 4.78 is 20.2. The molecule has 1 aromatic heterocycles. The fourth-order valence-electron chi connectivity index (χ4n) is 3.41. The van der Waals surface area contributed by atoms with Crippen molar-refractivity contribution in [1.82, 2.24) is 9.78 Å². The average Bonchev–Trinajstić information content (AvgIpc) is 2.80. The lowest BCUT2D eigenvalue weighted by Crippen LogP contribution is -2.32. The quantitative estimate of drug-likeness (QED) is 0.449. The van der Waals surface area contributed by atoms with Gasteiger partial charge in [0.25, 0.3) is 5.56 Å². The van der Waals surface area contributed by atoms with Crippen molar-refractivity contribution in [3.8, 4) is 17.0 Å². The molecule has 32 heavy (non-hydrogen) atoms. The molecule has 0 saturated carbocycles. The van der Waals surface area contributed by atoms with Crippen LogP contribution in [0.4, 0.5) is 4.39 Å². The van der Waals surface area contributed by atoms with Crippen LogP contribution in [0.25, 0.3) is 22.0 Å². The summed E-state index contributed by atoms with van der Waals surface area (Å²) >= 11 is 0. The van der Waals surface area contributed by atoms with Crippen molar-refractivity contribution in [2.24, 2.45) is 0 Å². The SMILES string of the molecule is CC(=O)c1ccc(OCC(O)Cn2nc(-c3ccc(F)cc3)c3ccccc3c2=O)cc1. The largest absolute Gasteiger partial charge is 0.491 e. The number of ketones is 1. The highest BCUT2D eigenvalue weighted by atomic mass is 19.1. The van der Waals surface area contributed by atoms with E-state index in [-0.39, 0.29) is 30.3 Å². The van der Waals surface area contributed by atoms with Gasteiger partial charge in [-0.2, -0.15) is 5.10 Å². The molecule has 4 aromatic rings. The van der Waals surface area contributed by atoms with E-state index in [0.29, 0.717) is 33.3 Å². The van der Waals surface area contributed by atoms with Gasteiger partial charge in [-0.05, 0) is 61.5 Å². The van der Waals surface area contributed by atoms with Crippen molar-refractivity contribution in [2.45, 2.75) is 19.6 Å². The molecular weight excluding hydrogens is 411 g/mol. The van der Waals surface area contributed by atoms with Crippen LogP contribution in [0.2, 0.25) is 0 Å². The number of hydrogen-bond acceptors (Lipinski definition) is 5. The Labute approximate surface area is 183 Å². The summed E-state index contributed by atoms with van der Waals surface area (Å²) in [6.07, 6.45) is -1.00. The van der Waals surface area contributed by atoms with E-state index in [0.717, 1.165) is 0 Å². The molecular formula is C25H21FN2O4. The zero-order valence-electron chi connectivity index (χ0n) is 17.4. The van der Waals surface area contributed by atoms with Gasteiger partial charge in [-0.3, -0.25) is 9.59 Å². The first kappa shape index (κ1) is 21.4. The number of fused-ring (bicyclic) bond motifs is 1. The third-order valence-corrected chi connectivity index (χ3v) is 5.07. The van der Waals surface area contributed by atoms with Gasteiger partial charge in [0.1, 0.15) is 24.3 Å². The van der Waals surface area contributed by atoms with Gasteiger partial charge in [-0.1, -0.05) is 18.2 Å². The molecule has 1 N–H and O–H groups in total. The zero-order valence-corrected chi connectivity index (χ0v) is 17.4. The van der Waals surface area contributed by atoms with Crippen LogP contribution in [0.3, 0.4) is 0 Å². The molecule has 0 saturated heterocycles. The maximum Gasteiger partial charge on any atom is 0.274 e. The van der Waals surface area contributed by atoms with E-state index < -0.39 is 6.10 Å². The summed E-state index contributed by atoms with van der Waals surface area (Å²) in [6, 6.07) is 19.5. The molecule has 1 heterocycles. The molecule has 4 rings (SSSR count). The Hall–Kier alpha value is -3.84. The Bertz CT molecular complexity index is 1310. The first-order chi connectivity index (χ1) is 15.4. The van der Waals surface area contributed by atoms with Crippen LogP contribution < -0.4 is 10.3 Å². The van der Waals surface area contributed by atoms with Crippen LogP contribution in [0.15, 0.2) is 77.6 Å². The van der Waals surface area contributed by atoms with Crippen LogP contribution in [0, 0.1) is 5.82 Å². The first-order valence-electron chi connectivity index (χ1n) is 10.1. The maximum atomic E-state index is 13.4. The Balaban J connectivity index is 1.58. The molecule has 1 unspecified atom stereocenters. The smallest absolute Gasteiger partial charge is 0.274 e. The first-order valence-corrected chi connectivity index (χ1v) is 10.1. The fraction of sp³-hybridized carbons (Fsp3) is 0.160. The monoisotopic (exact) mass is 432 g/mol. The Morgan fingerprint density at radius 1 is 1.03 bits per heavy atom. The van der Waals surface area contributed by atoms with E-state index in [4.69, 9.17) is 4.74 Å². The number of carbonyl (C=O) groups excluding carboxylic acids is 1. The van der Waals surface area contributed by atoms with Gasteiger partial charge < -0.3 is 9.84 Å². The summed E-state index contributed by atoms with van der Waals surface area (Å²) in [5.74, 6) is 0.0884. The number of Topliss-reactive ketones (excluding diaryl/α,β-unsaturated/α-hetero) is 1. The van der Waals surface area contributed by atoms with Crippen LogP contribution in [-0.2, 0) is 6.54 Å². The summed E-state index contributed by atoms with van der Waals surface area (Å²) in [4.78, 5) is 24.3. The Morgan fingerprint density at radius 3 is 2.34 bits per heavy atom. The van der Waals surface area contributed by atoms with Gasteiger partial charge in [-0.15, -0.1) is 0 Å². The maximum absolute atomic E-state index is 13.4. The second kappa shape index (κ2) is 9.11. The molecule has 162 valence electrons. The predicted molar refractivity (Wildman–Crippen MR) is 119 cm³/mol. The fourth-order valence-corrected chi connectivity index (χ4v) is 3.41. The third-order valence-electron chi connectivity index (χ3n) is 5.07. The lowest BCUT2D eigenvalue weighted by Gasteiger charge is -2.15. The normalized spacial score (nSPS) is 12.0. The van der Waals surface area contributed by atoms with Crippen molar-refractivity contribution in [2.75, 3.05) is 6.61 Å². The second-order valence-corrected chi connectivity index (χ2v) is 7.43. The number of aromatic nitrogens is 2. The van der Waals surface area contributed by atoms with Gasteiger partial charge in [0.2, 0.25) is 0 Å². The van der Waals surface area contributed by atoms with Crippen LogP contribution in [0.1, 0.15) is 17.3 Å². The summed E-state index contributed by atoms with van der Waals surface area (Å²) in [6.45, 7) is 1.34. The van der Waals surface area contributed by atoms with Crippen LogP contribution in [0.5, 0.6) is 5.75 Å². The van der Waals surface area contributed by atoms with E-state index >= 15 is 0 Å². The Kier molecular flexibility index (Phi) is 6.09. The topological polar surface area (TPSA) is 81.4 Å². The molecule has 6 nitrogen and oxygen atoms in total. The molecule has 0 aliphatic heterocycles. The number of rotatable bonds is 7. The second-order valence-electron chi connectivity index (χ2n) is 7.43. The molecule has 0 bridgehead atoms. The minimum absolute atomic E-state index is 0.0460. The van der Waals surface area contributed by atoms with E-state index in [1.807, 2.05) is 0 Å². The Morgan fingerprint density at radius 2 is 1.69 bits per heavy atom. The number of benzene rings is 3. The number of hydrogen-bond donors (Lipinski definition) is 1. The van der Waals surface area contributed by atoms with E-state index in [1.54, 1.807) is 60.7 Å². The highest BCUT2D eigenvalue weighted by molar-refractivity contribution is 5.94.